The summed E-state index contributed by atoms with van der Waals surface area (Å²) in [6.07, 6.45) is 0.378. The SMILES string of the molecule is CC(NC(=O)CCS)c1cccc(F)c1. The Balaban J connectivity index is 2.60. The highest BCUT2D eigenvalue weighted by Gasteiger charge is 2.08. The number of hydrogen-bond donors (Lipinski definition) is 2. The van der Waals surface area contributed by atoms with Crippen molar-refractivity contribution in [1.29, 1.82) is 0 Å². The molecule has 0 radical (unpaired) electrons. The van der Waals surface area contributed by atoms with E-state index >= 15 is 0 Å². The van der Waals surface area contributed by atoms with Crippen LogP contribution in [0.5, 0.6) is 0 Å². The number of hydrogen-bond acceptors (Lipinski definition) is 2. The Hall–Kier alpha value is -1.03. The zero-order valence-corrected chi connectivity index (χ0v) is 9.43. The van der Waals surface area contributed by atoms with Gasteiger partial charge in [0.2, 0.25) is 5.91 Å². The lowest BCUT2D eigenvalue weighted by Gasteiger charge is -2.13. The van der Waals surface area contributed by atoms with Crippen LogP contribution in [0.1, 0.15) is 24.9 Å². The summed E-state index contributed by atoms with van der Waals surface area (Å²) in [5, 5.41) is 2.77. The molecule has 1 unspecified atom stereocenters. The van der Waals surface area contributed by atoms with Gasteiger partial charge in [0, 0.05) is 6.42 Å². The lowest BCUT2D eigenvalue weighted by molar-refractivity contribution is -0.121. The van der Waals surface area contributed by atoms with Crippen LogP contribution in [-0.2, 0) is 4.79 Å². The molecule has 1 N–H and O–H groups in total. The van der Waals surface area contributed by atoms with Crippen LogP contribution in [0, 0.1) is 5.82 Å². The van der Waals surface area contributed by atoms with Gasteiger partial charge in [0.15, 0.2) is 0 Å². The van der Waals surface area contributed by atoms with Crippen LogP contribution in [0.4, 0.5) is 4.39 Å². The maximum absolute atomic E-state index is 12.9. The fraction of sp³-hybridized carbons (Fsp3) is 0.364. The molecule has 0 aromatic heterocycles. The molecular formula is C11H14FNOS. The van der Waals surface area contributed by atoms with Crippen LogP contribution in [0.2, 0.25) is 0 Å². The molecule has 1 atom stereocenters. The van der Waals surface area contributed by atoms with Gasteiger partial charge < -0.3 is 5.32 Å². The second kappa shape index (κ2) is 5.75. The van der Waals surface area contributed by atoms with Crippen molar-refractivity contribution >= 4 is 18.5 Å². The maximum atomic E-state index is 12.9. The van der Waals surface area contributed by atoms with E-state index in [1.54, 1.807) is 12.1 Å². The molecule has 0 aliphatic carbocycles. The van der Waals surface area contributed by atoms with E-state index in [2.05, 4.69) is 17.9 Å². The Labute approximate surface area is 94.3 Å². The first-order valence-electron chi connectivity index (χ1n) is 4.79. The van der Waals surface area contributed by atoms with Gasteiger partial charge >= 0.3 is 0 Å². The average Bonchev–Trinajstić information content (AvgIpc) is 2.18. The van der Waals surface area contributed by atoms with E-state index in [1.165, 1.54) is 12.1 Å². The van der Waals surface area contributed by atoms with Crippen molar-refractivity contribution in [3.8, 4) is 0 Å². The standard InChI is InChI=1S/C11H14FNOS/c1-8(13-11(14)5-6-15)9-3-2-4-10(12)7-9/h2-4,7-8,15H,5-6H2,1H3,(H,13,14). The first-order valence-corrected chi connectivity index (χ1v) is 5.42. The van der Waals surface area contributed by atoms with Crippen LogP contribution < -0.4 is 5.32 Å². The predicted octanol–water partition coefficient (Wildman–Crippen LogP) is 2.32. The third kappa shape index (κ3) is 3.91. The van der Waals surface area contributed by atoms with Crippen molar-refractivity contribution in [2.45, 2.75) is 19.4 Å². The summed E-state index contributed by atoms with van der Waals surface area (Å²) in [4.78, 5) is 11.3. The van der Waals surface area contributed by atoms with E-state index in [4.69, 9.17) is 0 Å². The van der Waals surface area contributed by atoms with Gasteiger partial charge in [0.25, 0.3) is 0 Å². The smallest absolute Gasteiger partial charge is 0.221 e. The minimum atomic E-state index is -0.289. The zero-order chi connectivity index (χ0) is 11.3. The van der Waals surface area contributed by atoms with Crippen LogP contribution in [0.3, 0.4) is 0 Å². The maximum Gasteiger partial charge on any atom is 0.221 e. The average molecular weight is 227 g/mol. The van der Waals surface area contributed by atoms with Crippen LogP contribution in [-0.4, -0.2) is 11.7 Å². The van der Waals surface area contributed by atoms with Crippen molar-refractivity contribution in [1.82, 2.24) is 5.32 Å². The molecule has 0 heterocycles. The van der Waals surface area contributed by atoms with Crippen molar-refractivity contribution in [3.05, 3.63) is 35.6 Å². The lowest BCUT2D eigenvalue weighted by atomic mass is 10.1. The van der Waals surface area contributed by atoms with E-state index in [9.17, 15) is 9.18 Å². The summed E-state index contributed by atoms with van der Waals surface area (Å²) in [5.74, 6) is 0.159. The molecule has 0 aliphatic heterocycles. The minimum Gasteiger partial charge on any atom is -0.350 e. The number of carbonyl (C=O) groups excluding carboxylic acids is 1. The van der Waals surface area contributed by atoms with E-state index < -0.39 is 0 Å². The number of benzene rings is 1. The third-order valence-electron chi connectivity index (χ3n) is 2.07. The van der Waals surface area contributed by atoms with Gasteiger partial charge in [0.1, 0.15) is 5.82 Å². The Morgan fingerprint density at radius 3 is 2.93 bits per heavy atom. The molecule has 0 saturated carbocycles. The fourth-order valence-electron chi connectivity index (χ4n) is 1.27. The van der Waals surface area contributed by atoms with Crippen molar-refractivity contribution in [2.75, 3.05) is 5.75 Å². The van der Waals surface area contributed by atoms with E-state index in [0.717, 1.165) is 5.56 Å². The van der Waals surface area contributed by atoms with Crippen LogP contribution in [0.15, 0.2) is 24.3 Å². The quantitative estimate of drug-likeness (QED) is 0.759. The van der Waals surface area contributed by atoms with Gasteiger partial charge in [-0.2, -0.15) is 12.6 Å². The highest BCUT2D eigenvalue weighted by molar-refractivity contribution is 7.80. The summed E-state index contributed by atoms with van der Waals surface area (Å²) in [6, 6.07) is 6.05. The van der Waals surface area contributed by atoms with Gasteiger partial charge in [-0.15, -0.1) is 0 Å². The molecule has 0 bridgehead atoms. The molecule has 15 heavy (non-hydrogen) atoms. The molecule has 1 aromatic carbocycles. The normalized spacial score (nSPS) is 12.2. The number of amides is 1. The topological polar surface area (TPSA) is 29.1 Å². The van der Waals surface area contributed by atoms with Crippen molar-refractivity contribution < 1.29 is 9.18 Å². The number of rotatable bonds is 4. The molecule has 0 aliphatic rings. The zero-order valence-electron chi connectivity index (χ0n) is 8.53. The first kappa shape index (κ1) is 12.0. The molecule has 4 heteroatoms. The first-order chi connectivity index (χ1) is 7.13. The Morgan fingerprint density at radius 1 is 1.60 bits per heavy atom. The van der Waals surface area contributed by atoms with Gasteiger partial charge in [-0.3, -0.25) is 4.79 Å². The number of nitrogens with one attached hydrogen (secondary N) is 1. The van der Waals surface area contributed by atoms with E-state index in [-0.39, 0.29) is 17.8 Å². The largest absolute Gasteiger partial charge is 0.350 e. The Bertz CT molecular complexity index is 343. The second-order valence-electron chi connectivity index (χ2n) is 3.32. The summed E-state index contributed by atoms with van der Waals surface area (Å²) in [6.45, 7) is 1.82. The predicted molar refractivity (Wildman–Crippen MR) is 61.4 cm³/mol. The highest BCUT2D eigenvalue weighted by atomic mass is 32.1. The molecule has 1 rings (SSSR count). The molecule has 1 aromatic rings. The van der Waals surface area contributed by atoms with E-state index in [1.807, 2.05) is 6.92 Å². The molecule has 0 fully saturated rings. The van der Waals surface area contributed by atoms with Crippen molar-refractivity contribution in [2.24, 2.45) is 0 Å². The fourth-order valence-corrected chi connectivity index (χ4v) is 1.48. The molecular weight excluding hydrogens is 213 g/mol. The summed E-state index contributed by atoms with van der Waals surface area (Å²) in [7, 11) is 0. The molecule has 0 spiro atoms. The molecule has 2 nitrogen and oxygen atoms in total. The lowest BCUT2D eigenvalue weighted by Crippen LogP contribution is -2.26. The van der Waals surface area contributed by atoms with Gasteiger partial charge in [-0.25, -0.2) is 4.39 Å². The summed E-state index contributed by atoms with van der Waals surface area (Å²) >= 11 is 3.97. The van der Waals surface area contributed by atoms with Crippen LogP contribution in [0.25, 0.3) is 0 Å². The number of carbonyl (C=O) groups is 1. The highest BCUT2D eigenvalue weighted by Crippen LogP contribution is 2.13. The van der Waals surface area contributed by atoms with E-state index in [0.29, 0.717) is 12.2 Å². The molecule has 82 valence electrons. The second-order valence-corrected chi connectivity index (χ2v) is 3.77. The molecule has 1 amide bonds. The Kier molecular flexibility index (Phi) is 4.62. The summed E-state index contributed by atoms with van der Waals surface area (Å²) in [5.41, 5.74) is 0.766. The minimum absolute atomic E-state index is 0.0678. The Morgan fingerprint density at radius 2 is 2.33 bits per heavy atom. The van der Waals surface area contributed by atoms with Gasteiger partial charge in [-0.1, -0.05) is 12.1 Å². The third-order valence-corrected chi connectivity index (χ3v) is 2.29. The monoisotopic (exact) mass is 227 g/mol. The van der Waals surface area contributed by atoms with Crippen LogP contribution >= 0.6 is 12.6 Å². The summed E-state index contributed by atoms with van der Waals surface area (Å²) < 4.78 is 12.9. The molecule has 0 saturated heterocycles. The number of thiol groups is 1. The number of halogens is 1. The van der Waals surface area contributed by atoms with Gasteiger partial charge in [0.05, 0.1) is 6.04 Å². The van der Waals surface area contributed by atoms with Gasteiger partial charge in [-0.05, 0) is 30.4 Å². The van der Waals surface area contributed by atoms with Crippen molar-refractivity contribution in [3.63, 3.8) is 0 Å².